The maximum Gasteiger partial charge on any atom is 0.169 e. The number of hydrogen-bond acceptors (Lipinski definition) is 1. The SMILES string of the molecule is C/C=C\c1cc(F)c(-c2cc[n+](CCCCCCC)cc2)cc1C=NCCCCCCC. The normalized spacial score (nSPS) is 11.8. The average molecular weight is 438 g/mol. The third kappa shape index (κ3) is 9.06. The van der Waals surface area contributed by atoms with Crippen LogP contribution in [0.4, 0.5) is 4.39 Å². The van der Waals surface area contributed by atoms with Gasteiger partial charge in [-0.1, -0.05) is 70.9 Å². The molecule has 1 aromatic carbocycles. The monoisotopic (exact) mass is 437 g/mol. The van der Waals surface area contributed by atoms with E-state index in [1.54, 1.807) is 6.07 Å². The molecule has 0 saturated carbocycles. The Morgan fingerprint density at radius 3 is 2.16 bits per heavy atom. The minimum absolute atomic E-state index is 0.188. The van der Waals surface area contributed by atoms with E-state index >= 15 is 0 Å². The van der Waals surface area contributed by atoms with E-state index in [1.165, 1.54) is 57.8 Å². The van der Waals surface area contributed by atoms with Crippen molar-refractivity contribution in [3.63, 3.8) is 0 Å². The number of allylic oxidation sites excluding steroid dienone is 1. The first-order valence-corrected chi connectivity index (χ1v) is 12.6. The number of aryl methyl sites for hydroxylation is 1. The Balaban J connectivity index is 2.08. The smallest absolute Gasteiger partial charge is 0.169 e. The van der Waals surface area contributed by atoms with Crippen molar-refractivity contribution in [2.75, 3.05) is 6.54 Å². The molecule has 0 radical (unpaired) electrons. The zero-order valence-corrected chi connectivity index (χ0v) is 20.5. The number of hydrogen-bond donors (Lipinski definition) is 0. The molecular weight excluding hydrogens is 395 g/mol. The highest BCUT2D eigenvalue weighted by atomic mass is 19.1. The second-order valence-corrected chi connectivity index (χ2v) is 8.65. The van der Waals surface area contributed by atoms with Crippen LogP contribution in [0.2, 0.25) is 0 Å². The second kappa shape index (κ2) is 15.5. The van der Waals surface area contributed by atoms with Crippen LogP contribution in [-0.4, -0.2) is 12.8 Å². The Bertz CT molecular complexity index is 837. The largest absolute Gasteiger partial charge is 0.293 e. The molecule has 0 unspecified atom stereocenters. The van der Waals surface area contributed by atoms with Crippen molar-refractivity contribution < 1.29 is 8.96 Å². The third-order valence-electron chi connectivity index (χ3n) is 5.86. The molecule has 32 heavy (non-hydrogen) atoms. The Hall–Kier alpha value is -2.29. The van der Waals surface area contributed by atoms with E-state index in [2.05, 4.69) is 35.8 Å². The lowest BCUT2D eigenvalue weighted by Crippen LogP contribution is -2.32. The quantitative estimate of drug-likeness (QED) is 0.152. The Morgan fingerprint density at radius 2 is 1.50 bits per heavy atom. The van der Waals surface area contributed by atoms with Crippen LogP contribution in [0.3, 0.4) is 0 Å². The van der Waals surface area contributed by atoms with Gasteiger partial charge in [-0.3, -0.25) is 4.99 Å². The van der Waals surface area contributed by atoms with Crippen molar-refractivity contribution in [3.05, 3.63) is 59.7 Å². The zero-order chi connectivity index (χ0) is 23.0. The van der Waals surface area contributed by atoms with E-state index in [1.807, 2.05) is 43.5 Å². The Kier molecular flexibility index (Phi) is 12.6. The first-order chi connectivity index (χ1) is 15.7. The van der Waals surface area contributed by atoms with E-state index in [0.29, 0.717) is 5.56 Å². The highest BCUT2D eigenvalue weighted by molar-refractivity contribution is 5.88. The van der Waals surface area contributed by atoms with Crippen LogP contribution in [0.5, 0.6) is 0 Å². The van der Waals surface area contributed by atoms with Gasteiger partial charge in [0, 0.05) is 42.4 Å². The van der Waals surface area contributed by atoms with Crippen LogP contribution >= 0.6 is 0 Å². The summed E-state index contributed by atoms with van der Waals surface area (Å²) in [4.78, 5) is 4.63. The van der Waals surface area contributed by atoms with Gasteiger partial charge in [-0.2, -0.15) is 0 Å². The number of unbranched alkanes of at least 4 members (excludes halogenated alkanes) is 8. The van der Waals surface area contributed by atoms with Crippen molar-refractivity contribution >= 4 is 12.3 Å². The molecule has 0 saturated heterocycles. The van der Waals surface area contributed by atoms with Crippen LogP contribution in [-0.2, 0) is 6.54 Å². The van der Waals surface area contributed by atoms with Crippen LogP contribution in [0, 0.1) is 5.82 Å². The van der Waals surface area contributed by atoms with Gasteiger partial charge in [-0.15, -0.1) is 0 Å². The lowest BCUT2D eigenvalue weighted by molar-refractivity contribution is -0.697. The van der Waals surface area contributed by atoms with Gasteiger partial charge in [0.1, 0.15) is 12.4 Å². The lowest BCUT2D eigenvalue weighted by Gasteiger charge is -2.08. The van der Waals surface area contributed by atoms with Crippen molar-refractivity contribution in [3.8, 4) is 11.1 Å². The minimum Gasteiger partial charge on any atom is -0.293 e. The molecule has 0 fully saturated rings. The third-order valence-corrected chi connectivity index (χ3v) is 5.86. The molecule has 1 aromatic heterocycles. The maximum absolute atomic E-state index is 14.9. The highest BCUT2D eigenvalue weighted by Crippen LogP contribution is 2.26. The van der Waals surface area contributed by atoms with Gasteiger partial charge in [0.15, 0.2) is 12.4 Å². The predicted molar refractivity (Wildman–Crippen MR) is 137 cm³/mol. The van der Waals surface area contributed by atoms with E-state index in [-0.39, 0.29) is 5.82 Å². The Labute approximate surface area is 195 Å². The molecule has 0 amide bonds. The lowest BCUT2D eigenvalue weighted by atomic mass is 9.99. The first-order valence-electron chi connectivity index (χ1n) is 12.6. The van der Waals surface area contributed by atoms with Crippen molar-refractivity contribution in [1.82, 2.24) is 0 Å². The fraction of sp³-hybridized carbons (Fsp3) is 0.517. The number of pyridine rings is 1. The molecule has 1 heterocycles. The van der Waals surface area contributed by atoms with Crippen molar-refractivity contribution in [2.24, 2.45) is 4.99 Å². The molecule has 2 rings (SSSR count). The zero-order valence-electron chi connectivity index (χ0n) is 20.5. The molecule has 0 aliphatic rings. The summed E-state index contributed by atoms with van der Waals surface area (Å²) in [5.41, 5.74) is 3.39. The fourth-order valence-corrected chi connectivity index (χ4v) is 3.92. The van der Waals surface area contributed by atoms with Crippen LogP contribution in [0.15, 0.2) is 47.7 Å². The average Bonchev–Trinajstić information content (AvgIpc) is 2.80. The second-order valence-electron chi connectivity index (χ2n) is 8.65. The molecule has 0 atom stereocenters. The summed E-state index contributed by atoms with van der Waals surface area (Å²) in [5, 5.41) is 0. The van der Waals surface area contributed by atoms with Crippen molar-refractivity contribution in [1.29, 1.82) is 0 Å². The molecule has 3 heteroatoms. The van der Waals surface area contributed by atoms with Crippen LogP contribution in [0.1, 0.15) is 96.1 Å². The van der Waals surface area contributed by atoms with E-state index in [9.17, 15) is 4.39 Å². The number of aliphatic imine (C=N–C) groups is 1. The number of halogens is 1. The summed E-state index contributed by atoms with van der Waals surface area (Å²) in [6, 6.07) is 7.62. The number of rotatable bonds is 15. The van der Waals surface area contributed by atoms with Gasteiger partial charge in [-0.05, 0) is 43.0 Å². The summed E-state index contributed by atoms with van der Waals surface area (Å²) in [5.74, 6) is -0.188. The summed E-state index contributed by atoms with van der Waals surface area (Å²) >= 11 is 0. The van der Waals surface area contributed by atoms with E-state index in [4.69, 9.17) is 0 Å². The molecule has 174 valence electrons. The molecule has 2 aromatic rings. The first kappa shape index (κ1) is 26.0. The molecule has 0 N–H and O–H groups in total. The number of aromatic nitrogens is 1. The molecule has 0 spiro atoms. The van der Waals surface area contributed by atoms with Gasteiger partial charge in [0.2, 0.25) is 0 Å². The Morgan fingerprint density at radius 1 is 0.844 bits per heavy atom. The molecule has 0 aliphatic heterocycles. The van der Waals surface area contributed by atoms with Gasteiger partial charge in [-0.25, -0.2) is 8.96 Å². The topological polar surface area (TPSA) is 16.2 Å². The minimum atomic E-state index is -0.188. The van der Waals surface area contributed by atoms with Gasteiger partial charge < -0.3 is 0 Å². The summed E-state index contributed by atoms with van der Waals surface area (Å²) in [6.07, 6.45) is 22.5. The van der Waals surface area contributed by atoms with E-state index in [0.717, 1.165) is 36.2 Å². The van der Waals surface area contributed by atoms with Crippen LogP contribution in [0.25, 0.3) is 17.2 Å². The number of benzene rings is 1. The molecular formula is C29H42FN2+. The van der Waals surface area contributed by atoms with E-state index < -0.39 is 0 Å². The highest BCUT2D eigenvalue weighted by Gasteiger charge is 2.11. The van der Waals surface area contributed by atoms with Gasteiger partial charge >= 0.3 is 0 Å². The molecule has 0 aliphatic carbocycles. The predicted octanol–water partition coefficient (Wildman–Crippen LogP) is 8.17. The molecule has 2 nitrogen and oxygen atoms in total. The molecule has 0 bridgehead atoms. The van der Waals surface area contributed by atoms with Crippen LogP contribution < -0.4 is 4.57 Å². The summed E-state index contributed by atoms with van der Waals surface area (Å²) < 4.78 is 17.1. The summed E-state index contributed by atoms with van der Waals surface area (Å²) in [6.45, 7) is 8.27. The van der Waals surface area contributed by atoms with Gasteiger partial charge in [0.25, 0.3) is 0 Å². The fourth-order valence-electron chi connectivity index (χ4n) is 3.92. The standard InChI is InChI=1S/C29H42FN2/c1-4-7-9-11-13-18-31-24-27-22-28(29(30)23-26(27)15-6-3)25-16-20-32(21-17-25)19-14-12-10-8-5-2/h6,15-17,20-24H,4-5,7-14,18-19H2,1-3H3/q+1/b15-6-,31-24?. The summed E-state index contributed by atoms with van der Waals surface area (Å²) in [7, 11) is 0. The van der Waals surface area contributed by atoms with Gasteiger partial charge in [0.05, 0.1) is 0 Å². The number of nitrogens with zero attached hydrogens (tertiary/aromatic N) is 2. The van der Waals surface area contributed by atoms with Crippen molar-refractivity contribution in [2.45, 2.75) is 91.5 Å². The maximum atomic E-state index is 14.9.